The molecule has 0 radical (unpaired) electrons. The first-order chi connectivity index (χ1) is 15.6. The van der Waals surface area contributed by atoms with Gasteiger partial charge in [-0.15, -0.1) is 11.3 Å². The Kier molecular flexibility index (Phi) is 6.72. The highest BCUT2D eigenvalue weighted by molar-refractivity contribution is 7.19. The van der Waals surface area contributed by atoms with Gasteiger partial charge < -0.3 is 10.1 Å². The minimum absolute atomic E-state index is 0.343. The molecule has 0 fully saturated rings. The van der Waals surface area contributed by atoms with Gasteiger partial charge in [-0.05, 0) is 36.3 Å². The molecule has 0 spiro atoms. The number of nitrogens with zero attached hydrogens (tertiary/aromatic N) is 1. The summed E-state index contributed by atoms with van der Waals surface area (Å²) in [5.74, 6) is -0.965. The molecule has 0 saturated heterocycles. The van der Waals surface area contributed by atoms with Crippen molar-refractivity contribution >= 4 is 39.5 Å². The molecule has 1 heterocycles. The van der Waals surface area contributed by atoms with Gasteiger partial charge in [-0.3, -0.25) is 4.79 Å². The predicted molar refractivity (Wildman–Crippen MR) is 127 cm³/mol. The second-order valence-electron chi connectivity index (χ2n) is 7.20. The van der Waals surface area contributed by atoms with Crippen molar-refractivity contribution in [2.75, 3.05) is 0 Å². The number of rotatable bonds is 7. The summed E-state index contributed by atoms with van der Waals surface area (Å²) in [4.78, 5) is 29.5. The van der Waals surface area contributed by atoms with Crippen molar-refractivity contribution < 1.29 is 14.3 Å². The van der Waals surface area contributed by atoms with Crippen molar-refractivity contribution in [2.45, 2.75) is 19.1 Å². The number of nitrogens with one attached hydrogen (secondary N) is 1. The molecular weight excluding hydrogens is 420 g/mol. The monoisotopic (exact) mass is 442 g/mol. The number of benzene rings is 3. The van der Waals surface area contributed by atoms with Gasteiger partial charge in [0.25, 0.3) is 5.91 Å². The Morgan fingerprint density at radius 1 is 0.906 bits per heavy atom. The van der Waals surface area contributed by atoms with Crippen molar-refractivity contribution in [1.29, 1.82) is 0 Å². The maximum Gasteiger partial charge on any atom is 0.331 e. The molecule has 5 nitrogen and oxygen atoms in total. The van der Waals surface area contributed by atoms with Gasteiger partial charge in [0.2, 0.25) is 0 Å². The van der Waals surface area contributed by atoms with Crippen molar-refractivity contribution in [3.8, 4) is 0 Å². The molecule has 0 aliphatic heterocycles. The lowest BCUT2D eigenvalue weighted by Gasteiger charge is -2.22. The highest BCUT2D eigenvalue weighted by atomic mass is 32.1. The Balaban J connectivity index is 1.41. The van der Waals surface area contributed by atoms with E-state index in [1.54, 1.807) is 13.0 Å². The fourth-order valence-corrected chi connectivity index (χ4v) is 4.15. The summed E-state index contributed by atoms with van der Waals surface area (Å²) in [7, 11) is 0. The first-order valence-electron chi connectivity index (χ1n) is 10.2. The molecule has 0 saturated carbocycles. The molecule has 160 valence electrons. The predicted octanol–water partition coefficient (Wildman–Crippen LogP) is 5.15. The smallest absolute Gasteiger partial charge is 0.331 e. The van der Waals surface area contributed by atoms with Crippen LogP contribution in [0.2, 0.25) is 0 Å². The summed E-state index contributed by atoms with van der Waals surface area (Å²) in [5, 5.41) is 3.70. The molecule has 4 aromatic rings. The molecule has 0 aliphatic rings. The van der Waals surface area contributed by atoms with E-state index in [1.807, 2.05) is 84.9 Å². The molecule has 1 aromatic heterocycles. The van der Waals surface area contributed by atoms with Gasteiger partial charge in [0.15, 0.2) is 6.10 Å². The van der Waals surface area contributed by atoms with E-state index in [4.69, 9.17) is 4.74 Å². The van der Waals surface area contributed by atoms with Crippen LogP contribution in [0.15, 0.2) is 91.0 Å². The zero-order valence-corrected chi connectivity index (χ0v) is 18.3. The normalized spacial score (nSPS) is 12.2. The number of hydrogen-bond donors (Lipinski definition) is 1. The molecule has 1 unspecified atom stereocenters. The molecule has 1 atom stereocenters. The maximum absolute atomic E-state index is 12.8. The minimum Gasteiger partial charge on any atom is -0.449 e. The number of fused-ring (bicyclic) bond motifs is 1. The number of thiazole rings is 1. The highest BCUT2D eigenvalue weighted by Gasteiger charge is 2.22. The quantitative estimate of drug-likeness (QED) is 0.318. The summed E-state index contributed by atoms with van der Waals surface area (Å²) >= 11 is 1.48. The van der Waals surface area contributed by atoms with E-state index < -0.39 is 12.1 Å². The molecule has 32 heavy (non-hydrogen) atoms. The van der Waals surface area contributed by atoms with Crippen LogP contribution in [0.5, 0.6) is 0 Å². The summed E-state index contributed by atoms with van der Waals surface area (Å²) in [5.41, 5.74) is 2.77. The van der Waals surface area contributed by atoms with Crippen LogP contribution in [0.4, 0.5) is 0 Å². The summed E-state index contributed by atoms with van der Waals surface area (Å²) in [6, 6.07) is 26.8. The molecule has 1 N–H and O–H groups in total. The average molecular weight is 443 g/mol. The van der Waals surface area contributed by atoms with E-state index >= 15 is 0 Å². The first-order valence-corrected chi connectivity index (χ1v) is 11.1. The number of carbonyl (C=O) groups excluding carboxylic acids is 2. The van der Waals surface area contributed by atoms with E-state index in [-0.39, 0.29) is 11.9 Å². The van der Waals surface area contributed by atoms with Gasteiger partial charge in [0, 0.05) is 6.08 Å². The van der Waals surface area contributed by atoms with Crippen LogP contribution in [-0.2, 0) is 14.3 Å². The zero-order valence-electron chi connectivity index (χ0n) is 17.5. The third-order valence-corrected chi connectivity index (χ3v) is 5.89. The Labute approximate surface area is 190 Å². The fourth-order valence-electron chi connectivity index (χ4n) is 3.28. The van der Waals surface area contributed by atoms with Gasteiger partial charge in [0.05, 0.1) is 16.3 Å². The van der Waals surface area contributed by atoms with Crippen LogP contribution in [-0.4, -0.2) is 23.0 Å². The number of amides is 1. The van der Waals surface area contributed by atoms with Gasteiger partial charge in [-0.25, -0.2) is 9.78 Å². The molecule has 6 heteroatoms. The largest absolute Gasteiger partial charge is 0.449 e. The molecule has 0 aliphatic carbocycles. The van der Waals surface area contributed by atoms with Gasteiger partial charge in [0.1, 0.15) is 5.01 Å². The second-order valence-corrected chi connectivity index (χ2v) is 8.26. The van der Waals surface area contributed by atoms with Crippen molar-refractivity contribution in [1.82, 2.24) is 10.3 Å². The number of carbonyl (C=O) groups is 2. The van der Waals surface area contributed by atoms with Crippen molar-refractivity contribution in [2.24, 2.45) is 0 Å². The van der Waals surface area contributed by atoms with E-state index in [2.05, 4.69) is 10.3 Å². The molecule has 4 rings (SSSR count). The highest BCUT2D eigenvalue weighted by Crippen LogP contribution is 2.23. The summed E-state index contributed by atoms with van der Waals surface area (Å²) in [6.07, 6.45) is 1.96. The lowest BCUT2D eigenvalue weighted by Crippen LogP contribution is -2.38. The Bertz CT molecular complexity index is 1160. The zero-order chi connectivity index (χ0) is 22.3. The molecule has 1 amide bonds. The number of esters is 1. The fraction of sp³-hybridized carbons (Fsp3) is 0.115. The van der Waals surface area contributed by atoms with Crippen molar-refractivity contribution in [3.05, 3.63) is 107 Å². The Hall–Kier alpha value is -3.77. The van der Waals surface area contributed by atoms with Crippen LogP contribution in [0.3, 0.4) is 0 Å². The Morgan fingerprint density at radius 2 is 1.50 bits per heavy atom. The first kappa shape index (κ1) is 21.5. The van der Waals surface area contributed by atoms with Crippen molar-refractivity contribution in [3.63, 3.8) is 0 Å². The number of ether oxygens (including phenoxy) is 1. The standard InChI is InChI=1S/C26H22N2O3S/c1-18(31-24(29)17-16-23-27-21-14-8-9-15-22(21)32-23)26(30)28-25(19-10-4-2-5-11-19)20-12-6-3-7-13-20/h2-18,25H,1H3,(H,28,30)/b17-16+. The third-order valence-electron chi connectivity index (χ3n) is 4.89. The van der Waals surface area contributed by atoms with E-state index in [0.29, 0.717) is 5.01 Å². The van der Waals surface area contributed by atoms with E-state index in [1.165, 1.54) is 17.4 Å². The van der Waals surface area contributed by atoms with Crippen LogP contribution >= 0.6 is 11.3 Å². The van der Waals surface area contributed by atoms with Gasteiger partial charge >= 0.3 is 5.97 Å². The Morgan fingerprint density at radius 3 is 2.12 bits per heavy atom. The SMILES string of the molecule is CC(OC(=O)/C=C/c1nc2ccccc2s1)C(=O)NC(c1ccccc1)c1ccccc1. The topological polar surface area (TPSA) is 68.3 Å². The van der Waals surface area contributed by atoms with Gasteiger partial charge in [-0.1, -0.05) is 72.8 Å². The second kappa shape index (κ2) is 10.0. The maximum atomic E-state index is 12.8. The van der Waals surface area contributed by atoms with E-state index in [0.717, 1.165) is 21.3 Å². The van der Waals surface area contributed by atoms with E-state index in [9.17, 15) is 9.59 Å². The lowest BCUT2D eigenvalue weighted by atomic mass is 9.98. The number of hydrogen-bond acceptors (Lipinski definition) is 5. The third kappa shape index (κ3) is 5.28. The van der Waals surface area contributed by atoms with Crippen LogP contribution in [0.1, 0.15) is 29.1 Å². The minimum atomic E-state index is -0.947. The summed E-state index contributed by atoms with van der Waals surface area (Å²) in [6.45, 7) is 1.56. The molecular formula is C26H22N2O3S. The average Bonchev–Trinajstić information content (AvgIpc) is 3.25. The molecule has 3 aromatic carbocycles. The van der Waals surface area contributed by atoms with Gasteiger partial charge in [-0.2, -0.15) is 0 Å². The van der Waals surface area contributed by atoms with Crippen LogP contribution in [0, 0.1) is 0 Å². The lowest BCUT2D eigenvalue weighted by molar-refractivity contribution is -0.150. The van der Waals surface area contributed by atoms with Crippen LogP contribution < -0.4 is 5.32 Å². The summed E-state index contributed by atoms with van der Waals surface area (Å²) < 4.78 is 6.36. The van der Waals surface area contributed by atoms with Crippen LogP contribution in [0.25, 0.3) is 16.3 Å². The molecule has 0 bridgehead atoms. The number of aromatic nitrogens is 1. The number of para-hydroxylation sites is 1.